The highest BCUT2D eigenvalue weighted by molar-refractivity contribution is 6.94. The molecular formula is C7H22Si3. The summed E-state index contributed by atoms with van der Waals surface area (Å²) in [7, 11) is -0.833. The molecule has 0 aliphatic rings. The first-order valence-corrected chi connectivity index (χ1v) is 13.4. The van der Waals surface area contributed by atoms with E-state index in [1.165, 1.54) is 4.79 Å². The van der Waals surface area contributed by atoms with E-state index < -0.39 is 0 Å². The molecule has 0 amide bonds. The third kappa shape index (κ3) is 3.16. The van der Waals surface area contributed by atoms with Gasteiger partial charge in [-0.05, 0) is 0 Å². The van der Waals surface area contributed by atoms with E-state index in [0.717, 1.165) is 0 Å². The van der Waals surface area contributed by atoms with Crippen molar-refractivity contribution in [2.75, 3.05) is 0 Å². The molecule has 0 unspecified atom stereocenters. The second-order valence-electron chi connectivity index (χ2n) is 4.31. The number of hydrogen-bond donors (Lipinski definition) is 0. The summed E-state index contributed by atoms with van der Waals surface area (Å²) in [5.74, 6) is 0. The minimum absolute atomic E-state index is 0.278. The summed E-state index contributed by atoms with van der Waals surface area (Å²) in [4.78, 5) is 1.31. The van der Waals surface area contributed by atoms with Gasteiger partial charge in [0.05, 0.1) is 0 Å². The van der Waals surface area contributed by atoms with E-state index in [4.69, 9.17) is 0 Å². The molecule has 0 aliphatic carbocycles. The highest BCUT2D eigenvalue weighted by Crippen LogP contribution is 2.18. The van der Waals surface area contributed by atoms with E-state index in [9.17, 15) is 0 Å². The van der Waals surface area contributed by atoms with Gasteiger partial charge in [-0.25, -0.2) is 0 Å². The number of rotatable bonds is 3. The Labute approximate surface area is 70.9 Å². The Hall–Kier alpha value is 0.651. The highest BCUT2D eigenvalue weighted by atomic mass is 28.4. The Morgan fingerprint density at radius 2 is 0.800 bits per heavy atom. The summed E-state index contributed by atoms with van der Waals surface area (Å²) < 4.78 is 0. The van der Waals surface area contributed by atoms with Crippen LogP contribution in [0.15, 0.2) is 0 Å². The van der Waals surface area contributed by atoms with Crippen LogP contribution >= 0.6 is 0 Å². The molecule has 0 bridgehead atoms. The van der Waals surface area contributed by atoms with Crippen molar-refractivity contribution in [1.82, 2.24) is 0 Å². The molecule has 0 aliphatic heterocycles. The maximum atomic E-state index is 2.53. The Kier molecular flexibility index (Phi) is 4.81. The van der Waals surface area contributed by atoms with Crippen molar-refractivity contribution in [2.45, 2.75) is 44.1 Å². The van der Waals surface area contributed by atoms with Crippen LogP contribution in [0, 0.1) is 0 Å². The number of hydrogen-bond acceptors (Lipinski definition) is 0. The minimum Gasteiger partial charge on any atom is -0.0724 e. The van der Waals surface area contributed by atoms with Crippen molar-refractivity contribution in [1.29, 1.82) is 0 Å². The third-order valence-corrected chi connectivity index (χ3v) is 20.8. The van der Waals surface area contributed by atoms with Gasteiger partial charge in [-0.3, -0.25) is 0 Å². The Bertz CT molecular complexity index is 69.8. The predicted octanol–water partition coefficient (Wildman–Crippen LogP) is 1.90. The van der Waals surface area contributed by atoms with Crippen LogP contribution in [-0.4, -0.2) is 26.4 Å². The zero-order valence-electron chi connectivity index (χ0n) is 8.31. The van der Waals surface area contributed by atoms with Crippen molar-refractivity contribution in [2.24, 2.45) is 0 Å². The summed E-state index contributed by atoms with van der Waals surface area (Å²) >= 11 is 0. The van der Waals surface area contributed by atoms with Crippen LogP contribution in [0.4, 0.5) is 0 Å². The van der Waals surface area contributed by atoms with Crippen molar-refractivity contribution >= 4 is 26.4 Å². The fraction of sp³-hybridized carbons (Fsp3) is 1.00. The largest absolute Gasteiger partial charge is 0.0724 e. The predicted molar refractivity (Wildman–Crippen MR) is 60.4 cm³/mol. The van der Waals surface area contributed by atoms with Gasteiger partial charge in [-0.2, -0.15) is 0 Å². The first kappa shape index (κ1) is 10.7. The van der Waals surface area contributed by atoms with Gasteiger partial charge in [0.15, 0.2) is 0 Å². The summed E-state index contributed by atoms with van der Waals surface area (Å²) in [5.41, 5.74) is 0. The molecule has 10 heavy (non-hydrogen) atoms. The molecule has 0 saturated heterocycles. The molecule has 0 radical (unpaired) electrons. The van der Waals surface area contributed by atoms with Gasteiger partial charge < -0.3 is 0 Å². The van der Waals surface area contributed by atoms with Crippen LogP contribution in [-0.2, 0) is 0 Å². The highest BCUT2D eigenvalue weighted by Gasteiger charge is 2.22. The van der Waals surface area contributed by atoms with E-state index in [1.807, 2.05) is 0 Å². The lowest BCUT2D eigenvalue weighted by Gasteiger charge is -2.25. The normalized spacial score (nSPS) is 12.6. The second kappa shape index (κ2) is 4.51. The molecule has 0 nitrogen and oxygen atoms in total. The smallest absolute Gasteiger partial charge is 0.0278 e. The minimum atomic E-state index is -0.278. The molecule has 0 N–H and O–H groups in total. The molecule has 0 aromatic heterocycles. The average Bonchev–Trinajstić information content (AvgIpc) is 1.59. The van der Waals surface area contributed by atoms with Crippen molar-refractivity contribution in [3.8, 4) is 0 Å². The van der Waals surface area contributed by atoms with Crippen LogP contribution in [0.25, 0.3) is 0 Å². The van der Waals surface area contributed by atoms with Gasteiger partial charge in [0, 0.05) is 26.4 Å². The van der Waals surface area contributed by atoms with Gasteiger partial charge in [-0.1, -0.05) is 44.1 Å². The lowest BCUT2D eigenvalue weighted by molar-refractivity contribution is 1.52. The Morgan fingerprint density at radius 1 is 0.600 bits per heavy atom. The van der Waals surface area contributed by atoms with Crippen molar-refractivity contribution in [3.63, 3.8) is 0 Å². The van der Waals surface area contributed by atoms with Crippen LogP contribution in [0.3, 0.4) is 0 Å². The van der Waals surface area contributed by atoms with Crippen molar-refractivity contribution < 1.29 is 0 Å². The van der Waals surface area contributed by atoms with Crippen LogP contribution in [0.1, 0.15) is 0 Å². The topological polar surface area (TPSA) is 0 Å². The Morgan fingerprint density at radius 3 is 0.800 bits per heavy atom. The summed E-state index contributed by atoms with van der Waals surface area (Å²) in [6.07, 6.45) is 0. The van der Waals surface area contributed by atoms with E-state index in [1.54, 1.807) is 0 Å². The molecule has 0 fully saturated rings. The summed E-state index contributed by atoms with van der Waals surface area (Å²) in [6, 6.07) is 0. The van der Waals surface area contributed by atoms with Crippen molar-refractivity contribution in [3.05, 3.63) is 0 Å². The average molecular weight is 191 g/mol. The lowest BCUT2D eigenvalue weighted by atomic mass is 11.7. The summed E-state index contributed by atoms with van der Waals surface area (Å²) in [6.45, 7) is 15.2. The molecule has 0 saturated carbocycles. The molecule has 0 rings (SSSR count). The third-order valence-electron chi connectivity index (χ3n) is 2.31. The second-order valence-corrected chi connectivity index (χ2v) is 16.4. The molecule has 3 heteroatoms. The zero-order chi connectivity index (χ0) is 8.31. The standard InChI is InChI=1S/C7H22Si3/c1-8(2)7(9(3)4)10(5)6/h7-10H,1-6H3. The fourth-order valence-electron chi connectivity index (χ4n) is 2.31. The van der Waals surface area contributed by atoms with Crippen LogP contribution < -0.4 is 0 Å². The van der Waals surface area contributed by atoms with E-state index in [2.05, 4.69) is 39.3 Å². The molecule has 0 heterocycles. The van der Waals surface area contributed by atoms with E-state index >= 15 is 0 Å². The monoisotopic (exact) mass is 190 g/mol. The van der Waals surface area contributed by atoms with Gasteiger partial charge in [0.2, 0.25) is 0 Å². The van der Waals surface area contributed by atoms with Crippen LogP contribution in [0.2, 0.25) is 44.1 Å². The lowest BCUT2D eigenvalue weighted by Crippen LogP contribution is -2.34. The maximum Gasteiger partial charge on any atom is 0.0278 e. The molecular weight excluding hydrogens is 168 g/mol. The van der Waals surface area contributed by atoms with E-state index in [0.29, 0.717) is 0 Å². The molecule has 0 aromatic rings. The first-order chi connectivity index (χ1) is 4.46. The first-order valence-electron chi connectivity index (χ1n) is 4.46. The maximum absolute atomic E-state index is 2.53. The molecule has 62 valence electrons. The van der Waals surface area contributed by atoms with Gasteiger partial charge >= 0.3 is 0 Å². The molecule has 0 aromatic carbocycles. The Balaban J connectivity index is 3.98. The zero-order valence-corrected chi connectivity index (χ0v) is 11.8. The van der Waals surface area contributed by atoms with Gasteiger partial charge in [0.1, 0.15) is 0 Å². The summed E-state index contributed by atoms with van der Waals surface area (Å²) in [5, 5.41) is 0. The fourth-order valence-corrected chi connectivity index (χ4v) is 20.8. The van der Waals surface area contributed by atoms with E-state index in [-0.39, 0.29) is 26.4 Å². The van der Waals surface area contributed by atoms with Crippen LogP contribution in [0.5, 0.6) is 0 Å². The van der Waals surface area contributed by atoms with Gasteiger partial charge in [0.25, 0.3) is 0 Å². The quantitative estimate of drug-likeness (QED) is 0.597. The molecule has 0 atom stereocenters. The SMILES string of the molecule is C[SiH](C)C([SiH](C)C)[SiH](C)C. The molecule has 0 spiro atoms. The van der Waals surface area contributed by atoms with Gasteiger partial charge in [-0.15, -0.1) is 0 Å².